The number of benzene rings is 1. The Bertz CT molecular complexity index is 845. The normalized spacial score (nSPS) is 18.3. The van der Waals surface area contributed by atoms with Crippen molar-refractivity contribution in [3.8, 4) is 0 Å². The lowest BCUT2D eigenvalue weighted by atomic mass is 10.2. The summed E-state index contributed by atoms with van der Waals surface area (Å²) in [6.07, 6.45) is 2.30. The highest BCUT2D eigenvalue weighted by atomic mass is 32.2. The molecule has 0 spiro atoms. The van der Waals surface area contributed by atoms with E-state index in [9.17, 15) is 13.2 Å². The van der Waals surface area contributed by atoms with Crippen LogP contribution in [0.15, 0.2) is 46.7 Å². The van der Waals surface area contributed by atoms with Crippen LogP contribution in [-0.4, -0.2) is 40.1 Å². The Morgan fingerprint density at radius 1 is 1.30 bits per heavy atom. The van der Waals surface area contributed by atoms with Crippen LogP contribution in [0.4, 0.5) is 5.69 Å². The number of primary sulfonamides is 1. The molecule has 1 amide bonds. The van der Waals surface area contributed by atoms with Gasteiger partial charge in [0.25, 0.3) is 5.91 Å². The third-order valence-corrected chi connectivity index (χ3v) is 6.23. The van der Waals surface area contributed by atoms with Gasteiger partial charge in [0, 0.05) is 12.3 Å². The first-order valence-electron chi connectivity index (χ1n) is 8.80. The minimum Gasteiger partial charge on any atom is -0.372 e. The van der Waals surface area contributed by atoms with E-state index in [2.05, 4.69) is 11.4 Å². The number of anilines is 1. The van der Waals surface area contributed by atoms with Crippen molar-refractivity contribution in [3.05, 3.63) is 46.7 Å². The van der Waals surface area contributed by atoms with Crippen LogP contribution >= 0.6 is 11.3 Å². The fourth-order valence-electron chi connectivity index (χ4n) is 3.15. The molecule has 0 radical (unpaired) electrons. The Morgan fingerprint density at radius 3 is 2.67 bits per heavy atom. The average molecular weight is 411 g/mol. The number of rotatable bonds is 8. The number of sulfonamides is 1. The Hall–Kier alpha value is -1.78. The van der Waals surface area contributed by atoms with Crippen molar-refractivity contribution in [2.75, 3.05) is 25.0 Å². The van der Waals surface area contributed by atoms with Crippen molar-refractivity contribution in [2.24, 2.45) is 5.14 Å². The number of amides is 1. The van der Waals surface area contributed by atoms with Gasteiger partial charge in [0.05, 0.1) is 9.77 Å². The lowest BCUT2D eigenvalue weighted by Gasteiger charge is -2.21. The zero-order chi connectivity index (χ0) is 19.3. The largest absolute Gasteiger partial charge is 0.372 e. The first-order chi connectivity index (χ1) is 12.9. The smallest absolute Gasteiger partial charge is 0.279 e. The number of hydrogen-bond donors (Lipinski definition) is 3. The number of quaternary nitrogens is 1. The molecule has 0 saturated carbocycles. The molecular weight excluding hydrogens is 386 g/mol. The molecule has 2 aromatic rings. The van der Waals surface area contributed by atoms with Crippen molar-refractivity contribution in [3.63, 3.8) is 0 Å². The second kappa shape index (κ2) is 8.94. The maximum absolute atomic E-state index is 12.5. The van der Waals surface area contributed by atoms with E-state index in [1.165, 1.54) is 29.1 Å². The Labute approximate surface area is 163 Å². The molecule has 27 heavy (non-hydrogen) atoms. The summed E-state index contributed by atoms with van der Waals surface area (Å²) in [6.45, 7) is 2.67. The summed E-state index contributed by atoms with van der Waals surface area (Å²) in [6, 6.07) is 9.93. The monoisotopic (exact) mass is 410 g/mol. The van der Waals surface area contributed by atoms with Crippen LogP contribution in [0.3, 0.4) is 0 Å². The van der Waals surface area contributed by atoms with Gasteiger partial charge in [-0.25, -0.2) is 13.6 Å². The van der Waals surface area contributed by atoms with Crippen LogP contribution in [0.5, 0.6) is 0 Å². The third kappa shape index (κ3) is 6.12. The van der Waals surface area contributed by atoms with Crippen LogP contribution in [0.1, 0.15) is 17.7 Å². The molecule has 3 rings (SSSR count). The Balaban J connectivity index is 1.60. The van der Waals surface area contributed by atoms with Crippen LogP contribution in [0, 0.1) is 0 Å². The number of carbonyl (C=O) groups is 1. The molecule has 2 atom stereocenters. The van der Waals surface area contributed by atoms with Gasteiger partial charge in [-0.1, -0.05) is 6.07 Å². The van der Waals surface area contributed by atoms with Gasteiger partial charge in [0.15, 0.2) is 6.54 Å². The summed E-state index contributed by atoms with van der Waals surface area (Å²) < 4.78 is 28.3. The zero-order valence-corrected chi connectivity index (χ0v) is 16.5. The first kappa shape index (κ1) is 20.0. The maximum atomic E-state index is 12.5. The number of hydrogen-bond acceptors (Lipinski definition) is 5. The molecule has 1 aromatic carbocycles. The molecule has 1 unspecified atom stereocenters. The third-order valence-electron chi connectivity index (χ3n) is 4.42. The zero-order valence-electron chi connectivity index (χ0n) is 14.9. The standard InChI is InChI=1S/C18H23N3O4S2/c19-27(23,24)17-7-5-14(6-8-17)20-18(22)13-21(11-15-3-1-9-25-15)12-16-4-2-10-26-16/h2,4-8,10,15H,1,3,9,11-13H2,(H,20,22)(H2,19,23,24)/p+1/t15-/m1/s1. The minimum atomic E-state index is -3.74. The van der Waals surface area contributed by atoms with Gasteiger partial charge in [-0.15, -0.1) is 11.3 Å². The van der Waals surface area contributed by atoms with E-state index < -0.39 is 10.0 Å². The highest BCUT2D eigenvalue weighted by molar-refractivity contribution is 7.89. The van der Waals surface area contributed by atoms with Gasteiger partial charge >= 0.3 is 0 Å². The number of nitrogens with two attached hydrogens (primary N) is 1. The Kier molecular flexibility index (Phi) is 6.61. The van der Waals surface area contributed by atoms with E-state index in [1.54, 1.807) is 11.3 Å². The van der Waals surface area contributed by atoms with E-state index in [0.29, 0.717) is 12.2 Å². The summed E-state index contributed by atoms with van der Waals surface area (Å²) in [5.41, 5.74) is 0.542. The topological polar surface area (TPSA) is 103 Å². The fourth-order valence-corrected chi connectivity index (χ4v) is 4.45. The minimum absolute atomic E-state index is 0.0174. The summed E-state index contributed by atoms with van der Waals surface area (Å²) in [7, 11) is -3.74. The van der Waals surface area contributed by atoms with Gasteiger partial charge in [0.1, 0.15) is 19.2 Å². The molecule has 146 valence electrons. The van der Waals surface area contributed by atoms with Crippen LogP contribution in [-0.2, 0) is 26.1 Å². The average Bonchev–Trinajstić information content (AvgIpc) is 3.28. The van der Waals surface area contributed by atoms with E-state index in [-0.39, 0.29) is 16.9 Å². The van der Waals surface area contributed by atoms with Gasteiger partial charge in [-0.3, -0.25) is 4.79 Å². The SMILES string of the molecule is NS(=O)(=O)c1ccc(NC(=O)C[NH+](Cc2cccs2)C[C@H]2CCCO2)cc1. The molecular formula is C18H24N3O4S2+. The second-order valence-corrected chi connectivity index (χ2v) is 9.23. The quantitative estimate of drug-likeness (QED) is 0.593. The first-order valence-corrected chi connectivity index (χ1v) is 11.2. The molecule has 1 aromatic heterocycles. The van der Waals surface area contributed by atoms with Crippen molar-refractivity contribution < 1.29 is 22.8 Å². The molecule has 0 bridgehead atoms. The van der Waals surface area contributed by atoms with Crippen LogP contribution in [0.2, 0.25) is 0 Å². The Morgan fingerprint density at radius 2 is 2.07 bits per heavy atom. The predicted molar refractivity (Wildman–Crippen MR) is 104 cm³/mol. The molecule has 1 aliphatic rings. The van der Waals surface area contributed by atoms with E-state index >= 15 is 0 Å². The molecule has 2 heterocycles. The molecule has 0 aliphatic carbocycles. The van der Waals surface area contributed by atoms with Gasteiger partial charge in [-0.05, 0) is 48.6 Å². The molecule has 1 saturated heterocycles. The fraction of sp³-hybridized carbons (Fsp3) is 0.389. The van der Waals surface area contributed by atoms with Crippen LogP contribution in [0.25, 0.3) is 0 Å². The van der Waals surface area contributed by atoms with Gasteiger partial charge in [-0.2, -0.15) is 0 Å². The van der Waals surface area contributed by atoms with Crippen LogP contribution < -0.4 is 15.4 Å². The molecule has 4 N–H and O–H groups in total. The van der Waals surface area contributed by atoms with Crippen molar-refractivity contribution in [2.45, 2.75) is 30.4 Å². The lowest BCUT2D eigenvalue weighted by Crippen LogP contribution is -3.12. The predicted octanol–water partition coefficient (Wildman–Crippen LogP) is 0.598. The van der Waals surface area contributed by atoms with Gasteiger partial charge in [0.2, 0.25) is 10.0 Å². The number of nitrogens with one attached hydrogen (secondary N) is 2. The molecule has 1 fully saturated rings. The second-order valence-electron chi connectivity index (χ2n) is 6.64. The number of carbonyl (C=O) groups excluding carboxylic acids is 1. The maximum Gasteiger partial charge on any atom is 0.279 e. The number of ether oxygens (including phenoxy) is 1. The summed E-state index contributed by atoms with van der Waals surface area (Å²) >= 11 is 1.68. The van der Waals surface area contributed by atoms with Crippen molar-refractivity contribution in [1.82, 2.24) is 0 Å². The van der Waals surface area contributed by atoms with Crippen molar-refractivity contribution >= 4 is 33.0 Å². The highest BCUT2D eigenvalue weighted by Crippen LogP contribution is 2.13. The van der Waals surface area contributed by atoms with E-state index in [0.717, 1.165) is 37.4 Å². The highest BCUT2D eigenvalue weighted by Gasteiger charge is 2.24. The molecule has 1 aliphatic heterocycles. The van der Waals surface area contributed by atoms with Crippen molar-refractivity contribution in [1.29, 1.82) is 0 Å². The number of thiophene rings is 1. The summed E-state index contributed by atoms with van der Waals surface area (Å²) in [5.74, 6) is -0.122. The lowest BCUT2D eigenvalue weighted by molar-refractivity contribution is -0.908. The summed E-state index contributed by atoms with van der Waals surface area (Å²) in [4.78, 5) is 14.9. The molecule has 9 heteroatoms. The van der Waals surface area contributed by atoms with E-state index in [1.807, 2.05) is 11.4 Å². The summed E-state index contributed by atoms with van der Waals surface area (Å²) in [5, 5.41) is 9.94. The molecule has 7 nitrogen and oxygen atoms in total. The van der Waals surface area contributed by atoms with E-state index in [4.69, 9.17) is 9.88 Å². The van der Waals surface area contributed by atoms with Gasteiger partial charge < -0.3 is 15.0 Å².